The minimum absolute atomic E-state index is 0.834. The van der Waals surface area contributed by atoms with Crippen molar-refractivity contribution in [3.8, 4) is 33.4 Å². The van der Waals surface area contributed by atoms with Crippen molar-refractivity contribution in [3.63, 3.8) is 0 Å². The zero-order valence-corrected chi connectivity index (χ0v) is 31.2. The van der Waals surface area contributed by atoms with Gasteiger partial charge in [-0.2, -0.15) is 0 Å². The molecule has 12 aromatic rings. The largest absolute Gasteiger partial charge is 0.456 e. The van der Waals surface area contributed by atoms with E-state index in [1.165, 1.54) is 0 Å². The average molecular weight is 744 g/mol. The number of rotatable bonds is 6. The lowest BCUT2D eigenvalue weighted by Crippen LogP contribution is -2.10. The summed E-state index contributed by atoms with van der Waals surface area (Å²) >= 11 is 0. The second kappa shape index (κ2) is 12.9. The van der Waals surface area contributed by atoms with E-state index in [1.807, 2.05) is 18.2 Å². The van der Waals surface area contributed by atoms with Crippen LogP contribution in [0.4, 0.5) is 17.1 Å². The predicted molar refractivity (Wildman–Crippen MR) is 239 cm³/mol. The number of furan rings is 3. The Balaban J connectivity index is 1.16. The van der Waals surface area contributed by atoms with Crippen LogP contribution >= 0.6 is 0 Å². The molecule has 12 rings (SSSR count). The maximum atomic E-state index is 7.00. The van der Waals surface area contributed by atoms with E-state index < -0.39 is 0 Å². The summed E-state index contributed by atoms with van der Waals surface area (Å²) in [7, 11) is 0. The number of anilines is 3. The number of hydrogen-bond acceptors (Lipinski definition) is 4. The number of nitrogens with zero attached hydrogens (tertiary/aromatic N) is 1. The summed E-state index contributed by atoms with van der Waals surface area (Å²) in [6, 6.07) is 70.2. The molecule has 0 N–H and O–H groups in total. The molecule has 0 aliphatic rings. The molecule has 58 heavy (non-hydrogen) atoms. The van der Waals surface area contributed by atoms with E-state index in [4.69, 9.17) is 13.3 Å². The molecule has 0 saturated heterocycles. The molecule has 9 aromatic carbocycles. The third-order valence-corrected chi connectivity index (χ3v) is 11.5. The Morgan fingerprint density at radius 2 is 0.897 bits per heavy atom. The first-order chi connectivity index (χ1) is 28.7. The van der Waals surface area contributed by atoms with Crippen LogP contribution < -0.4 is 4.90 Å². The highest BCUT2D eigenvalue weighted by Crippen LogP contribution is 2.49. The van der Waals surface area contributed by atoms with Crippen LogP contribution in [0.15, 0.2) is 213 Å². The van der Waals surface area contributed by atoms with Gasteiger partial charge in [0, 0.05) is 43.9 Å². The van der Waals surface area contributed by atoms with Gasteiger partial charge in [-0.1, -0.05) is 127 Å². The molecule has 0 aliphatic carbocycles. The molecule has 0 atom stereocenters. The third kappa shape index (κ3) is 5.09. The SMILES string of the molecule is c1ccc(-c2ccc3c(c2)oc2c(-c4ccccc4)ccc(N(c4ccc5oc6ccccc6c5c4)c4ccc5oc6cccc(-c7ccccc7)c6c5c4)c23)cc1. The Morgan fingerprint density at radius 1 is 0.293 bits per heavy atom. The van der Waals surface area contributed by atoms with Crippen LogP contribution in [-0.4, -0.2) is 0 Å². The number of hydrogen-bond donors (Lipinski definition) is 0. The molecule has 3 heterocycles. The summed E-state index contributed by atoms with van der Waals surface area (Å²) in [6.45, 7) is 0. The molecule has 0 spiro atoms. The van der Waals surface area contributed by atoms with Crippen molar-refractivity contribution in [2.45, 2.75) is 0 Å². The fourth-order valence-electron chi connectivity index (χ4n) is 8.80. The van der Waals surface area contributed by atoms with Gasteiger partial charge in [-0.3, -0.25) is 0 Å². The minimum Gasteiger partial charge on any atom is -0.456 e. The normalized spacial score (nSPS) is 11.8. The van der Waals surface area contributed by atoms with Gasteiger partial charge in [0.2, 0.25) is 0 Å². The summed E-state index contributed by atoms with van der Waals surface area (Å²) in [5.41, 5.74) is 14.7. The van der Waals surface area contributed by atoms with Crippen molar-refractivity contribution in [1.29, 1.82) is 0 Å². The third-order valence-electron chi connectivity index (χ3n) is 11.5. The number of para-hydroxylation sites is 1. The molecule has 272 valence electrons. The van der Waals surface area contributed by atoms with Gasteiger partial charge in [0.25, 0.3) is 0 Å². The topological polar surface area (TPSA) is 42.7 Å². The lowest BCUT2D eigenvalue weighted by Gasteiger charge is -2.27. The second-order valence-electron chi connectivity index (χ2n) is 14.8. The summed E-state index contributed by atoms with van der Waals surface area (Å²) in [4.78, 5) is 2.36. The summed E-state index contributed by atoms with van der Waals surface area (Å²) in [6.07, 6.45) is 0. The van der Waals surface area contributed by atoms with Crippen molar-refractivity contribution in [1.82, 2.24) is 0 Å². The Kier molecular flexibility index (Phi) is 7.20. The fraction of sp³-hybridized carbons (Fsp3) is 0. The highest BCUT2D eigenvalue weighted by Gasteiger charge is 2.24. The Morgan fingerprint density at radius 3 is 1.66 bits per heavy atom. The molecule has 4 nitrogen and oxygen atoms in total. The van der Waals surface area contributed by atoms with Crippen LogP contribution in [0.3, 0.4) is 0 Å². The van der Waals surface area contributed by atoms with Gasteiger partial charge in [0.1, 0.15) is 33.5 Å². The average Bonchev–Trinajstić information content (AvgIpc) is 3.98. The summed E-state index contributed by atoms with van der Waals surface area (Å²) in [5.74, 6) is 0. The van der Waals surface area contributed by atoms with Crippen molar-refractivity contribution >= 4 is 82.9 Å². The minimum atomic E-state index is 0.834. The van der Waals surface area contributed by atoms with Crippen LogP contribution in [-0.2, 0) is 0 Å². The van der Waals surface area contributed by atoms with Crippen LogP contribution in [0.2, 0.25) is 0 Å². The predicted octanol–water partition coefficient (Wildman–Crippen LogP) is 15.9. The van der Waals surface area contributed by atoms with E-state index in [9.17, 15) is 0 Å². The van der Waals surface area contributed by atoms with E-state index >= 15 is 0 Å². The molecule has 0 radical (unpaired) electrons. The van der Waals surface area contributed by atoms with Gasteiger partial charge >= 0.3 is 0 Å². The van der Waals surface area contributed by atoms with Gasteiger partial charge < -0.3 is 18.2 Å². The van der Waals surface area contributed by atoms with Gasteiger partial charge in [0.05, 0.1) is 11.1 Å². The van der Waals surface area contributed by atoms with E-state index in [0.29, 0.717) is 0 Å². The van der Waals surface area contributed by atoms with Gasteiger partial charge in [-0.05, 0) is 101 Å². The molecule has 0 aliphatic heterocycles. The summed E-state index contributed by atoms with van der Waals surface area (Å²) in [5, 5.41) is 6.36. The first-order valence-corrected chi connectivity index (χ1v) is 19.6. The molecule has 4 heteroatoms. The maximum absolute atomic E-state index is 7.00. The van der Waals surface area contributed by atoms with E-state index in [-0.39, 0.29) is 0 Å². The highest BCUT2D eigenvalue weighted by atomic mass is 16.3. The monoisotopic (exact) mass is 743 g/mol. The zero-order chi connectivity index (χ0) is 38.2. The van der Waals surface area contributed by atoms with E-state index in [1.54, 1.807) is 0 Å². The van der Waals surface area contributed by atoms with Gasteiger partial charge in [0.15, 0.2) is 0 Å². The molecule has 0 saturated carbocycles. The maximum Gasteiger partial charge on any atom is 0.145 e. The van der Waals surface area contributed by atoms with Crippen LogP contribution in [0.1, 0.15) is 0 Å². The molecular weight excluding hydrogens is 711 g/mol. The van der Waals surface area contributed by atoms with E-state index in [0.717, 1.165) is 116 Å². The fourth-order valence-corrected chi connectivity index (χ4v) is 8.80. The standard InChI is InChI=1S/C54H33NO3/c1-4-13-34(14-5-1)37-23-26-43-51(31-37)58-54-41(36-17-8-3-9-18-36)27-28-46(53(43)54)55(38-24-29-48-44(32-38)42-19-10-11-21-47(42)56-48)39-25-30-49-45(33-39)52-40(20-12-22-50(52)57-49)35-15-6-2-7-16-35/h1-33H. The quantitative estimate of drug-likeness (QED) is 0.170. The van der Waals surface area contributed by atoms with E-state index in [2.05, 4.69) is 187 Å². The van der Waals surface area contributed by atoms with Crippen molar-refractivity contribution in [3.05, 3.63) is 200 Å². The molecular formula is C54H33NO3. The van der Waals surface area contributed by atoms with Gasteiger partial charge in [-0.25, -0.2) is 0 Å². The second-order valence-corrected chi connectivity index (χ2v) is 14.8. The lowest BCUT2D eigenvalue weighted by atomic mass is 9.98. The van der Waals surface area contributed by atoms with Crippen LogP contribution in [0.5, 0.6) is 0 Å². The first kappa shape index (κ1) is 32.4. The number of fused-ring (bicyclic) bond motifs is 9. The molecule has 0 fully saturated rings. The Bertz CT molecular complexity index is 3500. The summed E-state index contributed by atoms with van der Waals surface area (Å²) < 4.78 is 19.9. The zero-order valence-electron chi connectivity index (χ0n) is 31.2. The highest BCUT2D eigenvalue weighted by molar-refractivity contribution is 6.19. The van der Waals surface area contributed by atoms with Gasteiger partial charge in [-0.15, -0.1) is 0 Å². The molecule has 3 aromatic heterocycles. The Hall–Kier alpha value is -7.82. The number of benzene rings is 9. The molecule has 0 bridgehead atoms. The first-order valence-electron chi connectivity index (χ1n) is 19.6. The molecule has 0 unspecified atom stereocenters. The molecule has 0 amide bonds. The van der Waals surface area contributed by atoms with Crippen molar-refractivity contribution in [2.24, 2.45) is 0 Å². The Labute approximate surface area is 333 Å². The van der Waals surface area contributed by atoms with Crippen molar-refractivity contribution in [2.75, 3.05) is 4.90 Å². The van der Waals surface area contributed by atoms with Crippen LogP contribution in [0, 0.1) is 0 Å². The lowest BCUT2D eigenvalue weighted by molar-refractivity contribution is 0.668. The van der Waals surface area contributed by atoms with Crippen LogP contribution in [0.25, 0.3) is 99.2 Å². The smallest absolute Gasteiger partial charge is 0.145 e. The van der Waals surface area contributed by atoms with Crippen molar-refractivity contribution < 1.29 is 13.3 Å².